The fourth-order valence-electron chi connectivity index (χ4n) is 2.68. The van der Waals surface area contributed by atoms with Crippen LogP contribution in [0.15, 0.2) is 54.6 Å². The molecule has 2 nitrogen and oxygen atoms in total. The summed E-state index contributed by atoms with van der Waals surface area (Å²) >= 11 is 0. The second kappa shape index (κ2) is 5.99. The quantitative estimate of drug-likeness (QED) is 0.640. The van der Waals surface area contributed by atoms with E-state index in [1.807, 2.05) is 37.3 Å². The molecule has 0 spiro atoms. The van der Waals surface area contributed by atoms with Crippen LogP contribution in [0.25, 0.3) is 10.9 Å². The molecule has 3 aromatic rings. The van der Waals surface area contributed by atoms with Gasteiger partial charge in [-0.15, -0.1) is 0 Å². The van der Waals surface area contributed by atoms with Crippen LogP contribution < -0.4 is 4.74 Å². The summed E-state index contributed by atoms with van der Waals surface area (Å²) in [5.74, 6) is 0.215. The Morgan fingerprint density at radius 2 is 1.78 bits per heavy atom. The van der Waals surface area contributed by atoms with Gasteiger partial charge in [-0.1, -0.05) is 24.3 Å². The van der Waals surface area contributed by atoms with Crippen molar-refractivity contribution in [2.24, 2.45) is 0 Å². The smallest absolute Gasteiger partial charge is 0.416 e. The van der Waals surface area contributed by atoms with Gasteiger partial charge in [0.25, 0.3) is 0 Å². The van der Waals surface area contributed by atoms with Crippen LogP contribution in [-0.4, -0.2) is 4.57 Å². The SMILES string of the molecule is CCn1c(COc2cccc(C(F)(F)F)c2)cc2ccccc21. The Morgan fingerprint density at radius 3 is 2.52 bits per heavy atom. The van der Waals surface area contributed by atoms with Gasteiger partial charge in [0.1, 0.15) is 12.4 Å². The van der Waals surface area contributed by atoms with Crippen LogP contribution in [0.3, 0.4) is 0 Å². The lowest BCUT2D eigenvalue weighted by Crippen LogP contribution is -2.07. The fourth-order valence-corrected chi connectivity index (χ4v) is 2.68. The third-order valence-electron chi connectivity index (χ3n) is 3.76. The van der Waals surface area contributed by atoms with Crippen LogP contribution in [0, 0.1) is 0 Å². The van der Waals surface area contributed by atoms with Gasteiger partial charge in [-0.25, -0.2) is 0 Å². The first-order valence-electron chi connectivity index (χ1n) is 7.36. The van der Waals surface area contributed by atoms with Crippen molar-refractivity contribution >= 4 is 10.9 Å². The summed E-state index contributed by atoms with van der Waals surface area (Å²) < 4.78 is 45.9. The molecule has 2 aromatic carbocycles. The zero-order chi connectivity index (χ0) is 16.4. The van der Waals surface area contributed by atoms with Gasteiger partial charge in [0.05, 0.1) is 11.3 Å². The number of aryl methyl sites for hydroxylation is 1. The molecule has 5 heteroatoms. The van der Waals surface area contributed by atoms with Crippen molar-refractivity contribution in [1.82, 2.24) is 4.57 Å². The number of para-hydroxylation sites is 1. The van der Waals surface area contributed by atoms with Crippen LogP contribution in [0.5, 0.6) is 5.75 Å². The van der Waals surface area contributed by atoms with E-state index in [1.165, 1.54) is 12.1 Å². The van der Waals surface area contributed by atoms with Gasteiger partial charge < -0.3 is 9.30 Å². The Balaban J connectivity index is 1.84. The van der Waals surface area contributed by atoms with Crippen molar-refractivity contribution in [3.63, 3.8) is 0 Å². The van der Waals surface area contributed by atoms with E-state index in [0.717, 1.165) is 35.3 Å². The maximum absolute atomic E-state index is 12.7. The number of hydrogen-bond acceptors (Lipinski definition) is 1. The molecule has 3 rings (SSSR count). The molecule has 0 aliphatic heterocycles. The van der Waals surface area contributed by atoms with E-state index >= 15 is 0 Å². The molecule has 0 aliphatic carbocycles. The Hall–Kier alpha value is -2.43. The summed E-state index contributed by atoms with van der Waals surface area (Å²) in [6.45, 7) is 3.03. The maximum Gasteiger partial charge on any atom is 0.416 e. The number of halogens is 3. The highest BCUT2D eigenvalue weighted by molar-refractivity contribution is 5.81. The lowest BCUT2D eigenvalue weighted by Gasteiger charge is -2.12. The Morgan fingerprint density at radius 1 is 1.00 bits per heavy atom. The van der Waals surface area contributed by atoms with Crippen LogP contribution in [-0.2, 0) is 19.3 Å². The predicted molar refractivity (Wildman–Crippen MR) is 83.4 cm³/mol. The van der Waals surface area contributed by atoms with Gasteiger partial charge >= 0.3 is 6.18 Å². The Labute approximate surface area is 132 Å². The largest absolute Gasteiger partial charge is 0.487 e. The van der Waals surface area contributed by atoms with Crippen molar-refractivity contribution in [2.45, 2.75) is 26.3 Å². The minimum absolute atomic E-state index is 0.215. The number of ether oxygens (including phenoxy) is 1. The number of fused-ring (bicyclic) bond motifs is 1. The van der Waals surface area contributed by atoms with Crippen molar-refractivity contribution in [1.29, 1.82) is 0 Å². The summed E-state index contributed by atoms with van der Waals surface area (Å²) in [7, 11) is 0. The molecule has 0 saturated carbocycles. The van der Waals surface area contributed by atoms with Crippen LogP contribution >= 0.6 is 0 Å². The molecule has 120 valence electrons. The molecule has 0 unspecified atom stereocenters. The van der Waals surface area contributed by atoms with E-state index in [9.17, 15) is 13.2 Å². The first kappa shape index (κ1) is 15.5. The van der Waals surface area contributed by atoms with E-state index in [4.69, 9.17) is 4.74 Å². The standard InChI is InChI=1S/C18H16F3NO/c1-2-22-15(10-13-6-3-4-9-17(13)22)12-23-16-8-5-7-14(11-16)18(19,20)21/h3-11H,2,12H2,1H3. The monoisotopic (exact) mass is 319 g/mol. The van der Waals surface area contributed by atoms with Gasteiger partial charge in [0.2, 0.25) is 0 Å². The normalized spacial score (nSPS) is 11.8. The van der Waals surface area contributed by atoms with Crippen molar-refractivity contribution in [3.05, 3.63) is 65.9 Å². The molecular formula is C18H16F3NO. The van der Waals surface area contributed by atoms with Crippen molar-refractivity contribution in [3.8, 4) is 5.75 Å². The van der Waals surface area contributed by atoms with Gasteiger partial charge in [0.15, 0.2) is 0 Å². The highest BCUT2D eigenvalue weighted by Gasteiger charge is 2.30. The van der Waals surface area contributed by atoms with Crippen LogP contribution in [0.2, 0.25) is 0 Å². The second-order valence-corrected chi connectivity index (χ2v) is 5.25. The topological polar surface area (TPSA) is 14.2 Å². The summed E-state index contributed by atoms with van der Waals surface area (Å²) in [6, 6.07) is 14.9. The summed E-state index contributed by atoms with van der Waals surface area (Å²) in [5.41, 5.74) is 1.33. The summed E-state index contributed by atoms with van der Waals surface area (Å²) in [6.07, 6.45) is -4.36. The first-order chi connectivity index (χ1) is 11.0. The summed E-state index contributed by atoms with van der Waals surface area (Å²) in [5, 5.41) is 1.09. The highest BCUT2D eigenvalue weighted by atomic mass is 19.4. The highest BCUT2D eigenvalue weighted by Crippen LogP contribution is 2.31. The van der Waals surface area contributed by atoms with Gasteiger partial charge in [-0.2, -0.15) is 13.2 Å². The zero-order valence-corrected chi connectivity index (χ0v) is 12.6. The van der Waals surface area contributed by atoms with Gasteiger partial charge in [0, 0.05) is 12.1 Å². The van der Waals surface area contributed by atoms with E-state index in [-0.39, 0.29) is 12.4 Å². The van der Waals surface area contributed by atoms with Crippen molar-refractivity contribution < 1.29 is 17.9 Å². The molecule has 0 radical (unpaired) electrons. The average Bonchev–Trinajstić information content (AvgIpc) is 2.90. The minimum atomic E-state index is -4.36. The minimum Gasteiger partial charge on any atom is -0.487 e. The molecule has 0 atom stereocenters. The van der Waals surface area contributed by atoms with Crippen LogP contribution in [0.4, 0.5) is 13.2 Å². The molecule has 0 saturated heterocycles. The average molecular weight is 319 g/mol. The number of nitrogens with zero attached hydrogens (tertiary/aromatic N) is 1. The number of benzene rings is 2. The van der Waals surface area contributed by atoms with Gasteiger partial charge in [-0.3, -0.25) is 0 Å². The van der Waals surface area contributed by atoms with E-state index in [2.05, 4.69) is 4.57 Å². The molecule has 0 fully saturated rings. The Bertz CT molecular complexity index is 820. The molecule has 0 aliphatic rings. The number of aromatic nitrogens is 1. The third-order valence-corrected chi connectivity index (χ3v) is 3.76. The molecule has 0 amide bonds. The molecule has 23 heavy (non-hydrogen) atoms. The Kier molecular flexibility index (Phi) is 4.03. The second-order valence-electron chi connectivity index (χ2n) is 5.25. The van der Waals surface area contributed by atoms with E-state index < -0.39 is 11.7 Å². The predicted octanol–water partition coefficient (Wildman–Crippen LogP) is 5.26. The maximum atomic E-state index is 12.7. The van der Waals surface area contributed by atoms with E-state index in [0.29, 0.717) is 0 Å². The summed E-state index contributed by atoms with van der Waals surface area (Å²) in [4.78, 5) is 0. The van der Waals surface area contributed by atoms with Gasteiger partial charge in [-0.05, 0) is 42.6 Å². The van der Waals surface area contributed by atoms with Crippen LogP contribution in [0.1, 0.15) is 18.2 Å². The molecule has 1 heterocycles. The molecule has 0 bridgehead atoms. The lowest BCUT2D eigenvalue weighted by molar-refractivity contribution is -0.137. The first-order valence-corrected chi connectivity index (χ1v) is 7.36. The van der Waals surface area contributed by atoms with E-state index in [1.54, 1.807) is 0 Å². The number of hydrogen-bond donors (Lipinski definition) is 0. The fraction of sp³-hybridized carbons (Fsp3) is 0.222. The van der Waals surface area contributed by atoms with Crippen molar-refractivity contribution in [2.75, 3.05) is 0 Å². The molecular weight excluding hydrogens is 303 g/mol. The third kappa shape index (κ3) is 3.18. The lowest BCUT2D eigenvalue weighted by atomic mass is 10.2. The number of rotatable bonds is 4. The number of alkyl halides is 3. The zero-order valence-electron chi connectivity index (χ0n) is 12.6. The molecule has 0 N–H and O–H groups in total. The molecule has 1 aromatic heterocycles.